The summed E-state index contributed by atoms with van der Waals surface area (Å²) in [5.74, 6) is 1.53. The fourth-order valence-corrected chi connectivity index (χ4v) is 2.93. The van der Waals surface area contributed by atoms with Crippen molar-refractivity contribution in [3.8, 4) is 0 Å². The first-order chi connectivity index (χ1) is 10.2. The third-order valence-corrected chi connectivity index (χ3v) is 4.27. The maximum absolute atomic E-state index is 6.04. The van der Waals surface area contributed by atoms with Gasteiger partial charge in [-0.05, 0) is 36.2 Å². The highest BCUT2D eigenvalue weighted by Crippen LogP contribution is 2.36. The van der Waals surface area contributed by atoms with Crippen molar-refractivity contribution in [2.75, 3.05) is 29.9 Å². The highest BCUT2D eigenvalue weighted by molar-refractivity contribution is 6.17. The van der Waals surface area contributed by atoms with Gasteiger partial charge >= 0.3 is 0 Å². The minimum Gasteiger partial charge on any atom is -0.371 e. The van der Waals surface area contributed by atoms with Crippen LogP contribution in [0.3, 0.4) is 0 Å². The topological polar surface area (TPSA) is 19.4 Å². The van der Waals surface area contributed by atoms with E-state index in [2.05, 4.69) is 60.2 Å². The van der Waals surface area contributed by atoms with Crippen LogP contribution in [0.1, 0.15) is 18.2 Å². The van der Waals surface area contributed by atoms with Gasteiger partial charge in [-0.25, -0.2) is 4.98 Å². The molecule has 3 nitrogen and oxygen atoms in total. The molecule has 0 saturated carbocycles. The summed E-state index contributed by atoms with van der Waals surface area (Å²) in [6.45, 7) is 4.06. The normalized spacial score (nSPS) is 14.2. The fourth-order valence-electron chi connectivity index (χ4n) is 2.77. The van der Waals surface area contributed by atoms with Crippen LogP contribution in [0.25, 0.3) is 0 Å². The number of para-hydroxylation sites is 2. The Hall–Kier alpha value is -1.74. The number of nitrogens with zero attached hydrogens (tertiary/aromatic N) is 3. The highest BCUT2D eigenvalue weighted by Gasteiger charge is 2.22. The Kier molecular flexibility index (Phi) is 4.02. The molecule has 1 aliphatic rings. The van der Waals surface area contributed by atoms with Crippen molar-refractivity contribution in [3.63, 3.8) is 0 Å². The molecule has 0 aliphatic carbocycles. The SMILES string of the molecule is CCc1cc(CCl)cc(N2CCN(C)c3ccccc32)n1. The Morgan fingerprint density at radius 1 is 1.14 bits per heavy atom. The summed E-state index contributed by atoms with van der Waals surface area (Å²) in [7, 11) is 2.14. The number of aryl methyl sites for hydroxylation is 1. The van der Waals surface area contributed by atoms with E-state index in [1.807, 2.05) is 0 Å². The molecule has 21 heavy (non-hydrogen) atoms. The van der Waals surface area contributed by atoms with Crippen LogP contribution in [-0.4, -0.2) is 25.1 Å². The molecule has 0 atom stereocenters. The van der Waals surface area contributed by atoms with Crippen molar-refractivity contribution in [1.29, 1.82) is 0 Å². The molecule has 0 saturated heterocycles. The van der Waals surface area contributed by atoms with E-state index in [4.69, 9.17) is 16.6 Å². The first-order valence-corrected chi connectivity index (χ1v) is 7.90. The van der Waals surface area contributed by atoms with Gasteiger partial charge < -0.3 is 9.80 Å². The van der Waals surface area contributed by atoms with E-state index >= 15 is 0 Å². The fraction of sp³-hybridized carbons (Fsp3) is 0.353. The van der Waals surface area contributed by atoms with Crippen LogP contribution in [0.4, 0.5) is 17.2 Å². The van der Waals surface area contributed by atoms with Crippen LogP contribution >= 0.6 is 11.6 Å². The lowest BCUT2D eigenvalue weighted by molar-refractivity contribution is 0.809. The molecule has 2 aromatic rings. The average Bonchev–Trinajstić information content (AvgIpc) is 2.55. The molecule has 1 aromatic carbocycles. The standard InChI is InChI=1S/C17H20ClN3/c1-3-14-10-13(12-18)11-17(19-14)21-9-8-20(2)15-6-4-5-7-16(15)21/h4-7,10-11H,3,8-9,12H2,1-2H3. The lowest BCUT2D eigenvalue weighted by atomic mass is 10.1. The number of aromatic nitrogens is 1. The molecule has 1 aliphatic heterocycles. The molecule has 3 rings (SSSR count). The Labute approximate surface area is 131 Å². The second kappa shape index (κ2) is 5.94. The van der Waals surface area contributed by atoms with E-state index in [-0.39, 0.29) is 0 Å². The zero-order valence-electron chi connectivity index (χ0n) is 12.5. The molecule has 4 heteroatoms. The molecule has 2 heterocycles. The maximum atomic E-state index is 6.04. The van der Waals surface area contributed by atoms with E-state index in [0.29, 0.717) is 5.88 Å². The second-order valence-corrected chi connectivity index (χ2v) is 5.64. The largest absolute Gasteiger partial charge is 0.371 e. The minimum absolute atomic E-state index is 0.526. The van der Waals surface area contributed by atoms with E-state index < -0.39 is 0 Å². The summed E-state index contributed by atoms with van der Waals surface area (Å²) in [5, 5.41) is 0. The molecule has 110 valence electrons. The van der Waals surface area contributed by atoms with Gasteiger partial charge in [-0.3, -0.25) is 0 Å². The predicted octanol–water partition coefficient (Wildman–Crippen LogP) is 3.97. The van der Waals surface area contributed by atoms with Gasteiger partial charge in [0.1, 0.15) is 5.82 Å². The maximum Gasteiger partial charge on any atom is 0.133 e. The average molecular weight is 302 g/mol. The lowest BCUT2D eigenvalue weighted by Crippen LogP contribution is -2.36. The van der Waals surface area contributed by atoms with Crippen LogP contribution in [-0.2, 0) is 12.3 Å². The summed E-state index contributed by atoms with van der Waals surface area (Å²) < 4.78 is 0. The number of pyridine rings is 1. The number of likely N-dealkylation sites (N-methyl/N-ethyl adjacent to an activating group) is 1. The van der Waals surface area contributed by atoms with Crippen LogP contribution in [0.5, 0.6) is 0 Å². The Bertz CT molecular complexity index is 619. The molecule has 0 radical (unpaired) electrons. The first-order valence-electron chi connectivity index (χ1n) is 7.36. The Balaban J connectivity index is 2.07. The van der Waals surface area contributed by atoms with Gasteiger partial charge in [0.25, 0.3) is 0 Å². The molecule has 0 spiro atoms. The number of anilines is 3. The van der Waals surface area contributed by atoms with E-state index in [9.17, 15) is 0 Å². The van der Waals surface area contributed by atoms with Gasteiger partial charge in [0.15, 0.2) is 0 Å². The van der Waals surface area contributed by atoms with Crippen molar-refractivity contribution in [2.45, 2.75) is 19.2 Å². The summed E-state index contributed by atoms with van der Waals surface area (Å²) in [4.78, 5) is 9.38. The first kappa shape index (κ1) is 14.2. The van der Waals surface area contributed by atoms with Crippen LogP contribution in [0, 0.1) is 0 Å². The monoisotopic (exact) mass is 301 g/mol. The lowest BCUT2D eigenvalue weighted by Gasteiger charge is -2.36. The number of rotatable bonds is 3. The zero-order valence-corrected chi connectivity index (χ0v) is 13.3. The second-order valence-electron chi connectivity index (χ2n) is 5.37. The number of alkyl halides is 1. The molecule has 0 N–H and O–H groups in total. The van der Waals surface area contributed by atoms with Crippen LogP contribution < -0.4 is 9.80 Å². The van der Waals surface area contributed by atoms with E-state index in [1.54, 1.807) is 0 Å². The van der Waals surface area contributed by atoms with Crippen molar-refractivity contribution < 1.29 is 0 Å². The number of hydrogen-bond donors (Lipinski definition) is 0. The van der Waals surface area contributed by atoms with Gasteiger partial charge in [-0.15, -0.1) is 11.6 Å². The van der Waals surface area contributed by atoms with Gasteiger partial charge in [0.05, 0.1) is 11.4 Å². The van der Waals surface area contributed by atoms with E-state index in [0.717, 1.165) is 36.6 Å². The zero-order chi connectivity index (χ0) is 14.8. The van der Waals surface area contributed by atoms with Crippen molar-refractivity contribution in [1.82, 2.24) is 4.98 Å². The summed E-state index contributed by atoms with van der Waals surface area (Å²) >= 11 is 6.04. The predicted molar refractivity (Wildman–Crippen MR) is 89.9 cm³/mol. The summed E-state index contributed by atoms with van der Waals surface area (Å²) in [6, 6.07) is 12.7. The minimum atomic E-state index is 0.526. The summed E-state index contributed by atoms with van der Waals surface area (Å²) in [5.41, 5.74) is 4.70. The molecule has 0 amide bonds. The van der Waals surface area contributed by atoms with Crippen molar-refractivity contribution in [2.24, 2.45) is 0 Å². The van der Waals surface area contributed by atoms with Crippen LogP contribution in [0.15, 0.2) is 36.4 Å². The smallest absolute Gasteiger partial charge is 0.133 e. The van der Waals surface area contributed by atoms with Gasteiger partial charge in [0, 0.05) is 31.7 Å². The Morgan fingerprint density at radius 3 is 2.62 bits per heavy atom. The van der Waals surface area contributed by atoms with E-state index in [1.165, 1.54) is 11.4 Å². The quantitative estimate of drug-likeness (QED) is 0.800. The molecule has 0 bridgehead atoms. The number of benzene rings is 1. The third kappa shape index (κ3) is 2.70. The third-order valence-electron chi connectivity index (χ3n) is 3.96. The van der Waals surface area contributed by atoms with Crippen molar-refractivity contribution in [3.05, 3.63) is 47.7 Å². The molecule has 0 fully saturated rings. The molecule has 0 unspecified atom stereocenters. The number of halogens is 1. The van der Waals surface area contributed by atoms with Crippen molar-refractivity contribution >= 4 is 28.8 Å². The molecule has 1 aromatic heterocycles. The highest BCUT2D eigenvalue weighted by atomic mass is 35.5. The molecular formula is C17H20ClN3. The van der Waals surface area contributed by atoms with Gasteiger partial charge in [-0.1, -0.05) is 19.1 Å². The van der Waals surface area contributed by atoms with Gasteiger partial charge in [0.2, 0.25) is 0 Å². The molecular weight excluding hydrogens is 282 g/mol. The summed E-state index contributed by atoms with van der Waals surface area (Å²) in [6.07, 6.45) is 0.924. The Morgan fingerprint density at radius 2 is 1.90 bits per heavy atom. The van der Waals surface area contributed by atoms with Gasteiger partial charge in [-0.2, -0.15) is 0 Å². The van der Waals surface area contributed by atoms with Crippen LogP contribution in [0.2, 0.25) is 0 Å². The number of hydrogen-bond acceptors (Lipinski definition) is 3. The number of fused-ring (bicyclic) bond motifs is 1.